The summed E-state index contributed by atoms with van der Waals surface area (Å²) in [6.45, 7) is 2.80. The van der Waals surface area contributed by atoms with Crippen molar-refractivity contribution < 1.29 is 9.53 Å². The lowest BCUT2D eigenvalue weighted by Crippen LogP contribution is -2.30. The molecule has 0 radical (unpaired) electrons. The number of carbonyl (C=O) groups excluding carboxylic acids is 1. The zero-order valence-corrected chi connectivity index (χ0v) is 15.8. The highest BCUT2D eigenvalue weighted by atomic mass is 16.5. The zero-order chi connectivity index (χ0) is 19.5. The van der Waals surface area contributed by atoms with E-state index >= 15 is 0 Å². The van der Waals surface area contributed by atoms with E-state index in [1.807, 2.05) is 31.2 Å². The number of rotatable bonds is 6. The zero-order valence-electron chi connectivity index (χ0n) is 15.8. The summed E-state index contributed by atoms with van der Waals surface area (Å²) in [4.78, 5) is 20.3. The third-order valence-electron chi connectivity index (χ3n) is 5.09. The summed E-state index contributed by atoms with van der Waals surface area (Å²) in [6, 6.07) is 7.71. The lowest BCUT2D eigenvalue weighted by molar-refractivity contribution is 0.0346. The Bertz CT molecular complexity index is 963. The SMILES string of the molecule is CCOC1CCC(Nc2ccc3nc(C(N)=O)c(-c4ccncc4)n3n2)CC1. The number of amides is 1. The maximum absolute atomic E-state index is 11.9. The van der Waals surface area contributed by atoms with E-state index in [9.17, 15) is 4.79 Å². The second kappa shape index (κ2) is 7.93. The number of pyridine rings is 1. The molecule has 3 aromatic rings. The van der Waals surface area contributed by atoms with E-state index in [0.29, 0.717) is 23.5 Å². The van der Waals surface area contributed by atoms with Gasteiger partial charge in [-0.3, -0.25) is 9.78 Å². The van der Waals surface area contributed by atoms with Gasteiger partial charge in [0.1, 0.15) is 11.5 Å². The van der Waals surface area contributed by atoms with Gasteiger partial charge in [-0.25, -0.2) is 9.50 Å². The van der Waals surface area contributed by atoms with E-state index in [0.717, 1.165) is 43.7 Å². The van der Waals surface area contributed by atoms with Gasteiger partial charge in [0, 0.05) is 30.6 Å². The minimum Gasteiger partial charge on any atom is -0.379 e. The number of imidazole rings is 1. The Morgan fingerprint density at radius 2 is 1.96 bits per heavy atom. The molecular formula is C20H24N6O2. The van der Waals surface area contributed by atoms with Crippen molar-refractivity contribution in [2.24, 2.45) is 5.73 Å². The van der Waals surface area contributed by atoms with Crippen molar-refractivity contribution in [2.45, 2.75) is 44.8 Å². The van der Waals surface area contributed by atoms with E-state index in [4.69, 9.17) is 10.5 Å². The first-order valence-corrected chi connectivity index (χ1v) is 9.64. The number of nitrogens with one attached hydrogen (secondary N) is 1. The molecule has 0 aromatic carbocycles. The van der Waals surface area contributed by atoms with Crippen molar-refractivity contribution in [1.29, 1.82) is 0 Å². The molecule has 28 heavy (non-hydrogen) atoms. The molecule has 1 saturated carbocycles. The lowest BCUT2D eigenvalue weighted by Gasteiger charge is -2.29. The van der Waals surface area contributed by atoms with Crippen LogP contribution in [0.1, 0.15) is 43.1 Å². The van der Waals surface area contributed by atoms with Crippen molar-refractivity contribution >= 4 is 17.4 Å². The Labute approximate surface area is 163 Å². The molecule has 0 atom stereocenters. The fourth-order valence-electron chi connectivity index (χ4n) is 3.77. The first-order chi connectivity index (χ1) is 13.7. The van der Waals surface area contributed by atoms with Crippen LogP contribution in [0.2, 0.25) is 0 Å². The Hall–Kier alpha value is -3.00. The quantitative estimate of drug-likeness (QED) is 0.681. The van der Waals surface area contributed by atoms with Crippen molar-refractivity contribution in [3.8, 4) is 11.3 Å². The van der Waals surface area contributed by atoms with Gasteiger partial charge >= 0.3 is 0 Å². The van der Waals surface area contributed by atoms with Gasteiger partial charge in [-0.05, 0) is 56.9 Å². The van der Waals surface area contributed by atoms with Gasteiger partial charge in [0.05, 0.1) is 6.10 Å². The molecule has 8 nitrogen and oxygen atoms in total. The highest BCUT2D eigenvalue weighted by Gasteiger charge is 2.23. The normalized spacial score (nSPS) is 19.6. The minimum atomic E-state index is -0.582. The molecule has 146 valence electrons. The van der Waals surface area contributed by atoms with Gasteiger partial charge < -0.3 is 15.8 Å². The maximum atomic E-state index is 11.9. The van der Waals surface area contributed by atoms with Gasteiger partial charge in [-0.2, -0.15) is 0 Å². The van der Waals surface area contributed by atoms with Crippen molar-refractivity contribution in [3.63, 3.8) is 0 Å². The van der Waals surface area contributed by atoms with Crippen LogP contribution in [0.5, 0.6) is 0 Å². The molecule has 3 N–H and O–H groups in total. The molecule has 4 rings (SSSR count). The number of anilines is 1. The van der Waals surface area contributed by atoms with Crippen LogP contribution in [0, 0.1) is 0 Å². The number of primary amides is 1. The minimum absolute atomic E-state index is 0.202. The van der Waals surface area contributed by atoms with Crippen molar-refractivity contribution in [2.75, 3.05) is 11.9 Å². The Morgan fingerprint density at radius 1 is 1.21 bits per heavy atom. The van der Waals surface area contributed by atoms with Crippen molar-refractivity contribution in [3.05, 3.63) is 42.4 Å². The molecule has 0 saturated heterocycles. The third-order valence-corrected chi connectivity index (χ3v) is 5.09. The predicted molar refractivity (Wildman–Crippen MR) is 106 cm³/mol. The van der Waals surface area contributed by atoms with Crippen LogP contribution in [0.25, 0.3) is 16.9 Å². The number of ether oxygens (including phenoxy) is 1. The summed E-state index contributed by atoms with van der Waals surface area (Å²) in [7, 11) is 0. The van der Waals surface area contributed by atoms with Crippen LogP contribution in [0.3, 0.4) is 0 Å². The van der Waals surface area contributed by atoms with Gasteiger partial charge in [0.2, 0.25) is 0 Å². The monoisotopic (exact) mass is 380 g/mol. The average Bonchev–Trinajstić information content (AvgIpc) is 3.09. The number of carbonyl (C=O) groups is 1. The summed E-state index contributed by atoms with van der Waals surface area (Å²) in [5.74, 6) is 0.164. The molecule has 8 heteroatoms. The number of nitrogens with zero attached hydrogens (tertiary/aromatic N) is 4. The van der Waals surface area contributed by atoms with Gasteiger partial charge in [0.25, 0.3) is 5.91 Å². The summed E-state index contributed by atoms with van der Waals surface area (Å²) < 4.78 is 7.39. The lowest BCUT2D eigenvalue weighted by atomic mass is 9.93. The van der Waals surface area contributed by atoms with Crippen LogP contribution < -0.4 is 11.1 Å². The van der Waals surface area contributed by atoms with E-state index in [1.54, 1.807) is 16.9 Å². The van der Waals surface area contributed by atoms with Gasteiger partial charge in [-0.1, -0.05) is 0 Å². The van der Waals surface area contributed by atoms with E-state index in [2.05, 4.69) is 20.4 Å². The highest BCUT2D eigenvalue weighted by Crippen LogP contribution is 2.26. The van der Waals surface area contributed by atoms with E-state index in [1.165, 1.54) is 0 Å². The fourth-order valence-corrected chi connectivity index (χ4v) is 3.77. The molecule has 0 unspecified atom stereocenters. The topological polar surface area (TPSA) is 107 Å². The van der Waals surface area contributed by atoms with Crippen LogP contribution in [-0.2, 0) is 4.74 Å². The van der Waals surface area contributed by atoms with Crippen molar-refractivity contribution in [1.82, 2.24) is 19.6 Å². The molecule has 3 aromatic heterocycles. The third kappa shape index (κ3) is 3.68. The molecule has 0 spiro atoms. The Kier molecular flexibility index (Phi) is 5.21. The fraction of sp³-hybridized carbons (Fsp3) is 0.400. The number of hydrogen-bond donors (Lipinski definition) is 2. The maximum Gasteiger partial charge on any atom is 0.269 e. The highest BCUT2D eigenvalue weighted by molar-refractivity contribution is 5.98. The molecular weight excluding hydrogens is 356 g/mol. The molecule has 1 aliphatic carbocycles. The van der Waals surface area contributed by atoms with Gasteiger partial charge in [-0.15, -0.1) is 5.10 Å². The number of aromatic nitrogens is 4. The van der Waals surface area contributed by atoms with E-state index < -0.39 is 5.91 Å². The molecule has 0 aliphatic heterocycles. The van der Waals surface area contributed by atoms with E-state index in [-0.39, 0.29) is 5.69 Å². The molecule has 0 bridgehead atoms. The summed E-state index contributed by atoms with van der Waals surface area (Å²) in [5, 5.41) is 8.20. The second-order valence-electron chi connectivity index (χ2n) is 6.97. The standard InChI is InChI=1S/C20H24N6O2/c1-2-28-15-5-3-14(4-6-15)23-16-7-8-17-24-18(20(21)27)19(26(17)25-16)13-9-11-22-12-10-13/h7-12,14-15H,2-6H2,1H3,(H2,21,27)(H,23,25). The average molecular weight is 380 g/mol. The van der Waals surface area contributed by atoms with Gasteiger partial charge in [0.15, 0.2) is 11.3 Å². The molecule has 1 fully saturated rings. The molecule has 1 amide bonds. The number of hydrogen-bond acceptors (Lipinski definition) is 6. The first kappa shape index (κ1) is 18.4. The molecule has 3 heterocycles. The van der Waals surface area contributed by atoms with Crippen LogP contribution in [0.15, 0.2) is 36.7 Å². The number of nitrogens with two attached hydrogens (primary N) is 1. The predicted octanol–water partition coefficient (Wildman–Crippen LogP) is 2.65. The largest absolute Gasteiger partial charge is 0.379 e. The first-order valence-electron chi connectivity index (χ1n) is 9.64. The number of fused-ring (bicyclic) bond motifs is 1. The van der Waals surface area contributed by atoms with Crippen LogP contribution in [0.4, 0.5) is 5.82 Å². The second-order valence-corrected chi connectivity index (χ2v) is 6.97. The van der Waals surface area contributed by atoms with Crippen LogP contribution in [-0.4, -0.2) is 44.2 Å². The summed E-state index contributed by atoms with van der Waals surface area (Å²) in [6.07, 6.45) is 7.87. The summed E-state index contributed by atoms with van der Waals surface area (Å²) in [5.41, 5.74) is 7.70. The van der Waals surface area contributed by atoms with Crippen LogP contribution >= 0.6 is 0 Å². The smallest absolute Gasteiger partial charge is 0.269 e. The summed E-state index contributed by atoms with van der Waals surface area (Å²) >= 11 is 0. The molecule has 1 aliphatic rings. The Morgan fingerprint density at radius 3 is 2.64 bits per heavy atom. The Balaban J connectivity index is 1.63.